The van der Waals surface area contributed by atoms with Gasteiger partial charge in [-0.2, -0.15) is 0 Å². The van der Waals surface area contributed by atoms with E-state index in [0.29, 0.717) is 30.9 Å². The van der Waals surface area contributed by atoms with Crippen molar-refractivity contribution in [3.05, 3.63) is 23.7 Å². The third kappa shape index (κ3) is 3.35. The number of aromatic nitrogens is 5. The van der Waals surface area contributed by atoms with Gasteiger partial charge in [0.05, 0.1) is 11.9 Å². The van der Waals surface area contributed by atoms with E-state index in [1.165, 1.54) is 0 Å². The zero-order chi connectivity index (χ0) is 12.3. The Morgan fingerprint density at radius 3 is 2.82 bits per heavy atom. The first-order valence-electron chi connectivity index (χ1n) is 5.55. The van der Waals surface area contributed by atoms with Crippen LogP contribution in [0.25, 0.3) is 0 Å². The van der Waals surface area contributed by atoms with Crippen molar-refractivity contribution >= 4 is 0 Å². The average molecular weight is 236 g/mol. The second-order valence-electron chi connectivity index (χ2n) is 4.16. The molecule has 2 aromatic heterocycles. The molecule has 0 saturated heterocycles. The molecule has 0 aromatic carbocycles. The van der Waals surface area contributed by atoms with E-state index >= 15 is 0 Å². The SMILES string of the molecule is Cc1nnc(Cn2cc(CNC(C)C)nn2)o1. The van der Waals surface area contributed by atoms with Crippen molar-refractivity contribution in [2.75, 3.05) is 0 Å². The lowest BCUT2D eigenvalue weighted by Gasteiger charge is -2.03. The summed E-state index contributed by atoms with van der Waals surface area (Å²) in [5.41, 5.74) is 0.898. The molecule has 17 heavy (non-hydrogen) atoms. The molecular weight excluding hydrogens is 220 g/mol. The molecule has 2 aromatic rings. The minimum atomic E-state index is 0.429. The van der Waals surface area contributed by atoms with Crippen LogP contribution < -0.4 is 5.32 Å². The van der Waals surface area contributed by atoms with Gasteiger partial charge in [0.15, 0.2) is 0 Å². The highest BCUT2D eigenvalue weighted by atomic mass is 16.4. The zero-order valence-electron chi connectivity index (χ0n) is 10.2. The standard InChI is InChI=1S/C10H16N6O/c1-7(2)11-4-9-5-16(15-13-9)6-10-14-12-8(3)17-10/h5,7,11H,4,6H2,1-3H3. The van der Waals surface area contributed by atoms with Gasteiger partial charge in [0, 0.05) is 19.5 Å². The third-order valence-electron chi connectivity index (χ3n) is 2.14. The lowest BCUT2D eigenvalue weighted by Crippen LogP contribution is -2.21. The fourth-order valence-electron chi connectivity index (χ4n) is 1.35. The molecule has 0 radical (unpaired) electrons. The van der Waals surface area contributed by atoms with Crippen LogP contribution in [0.15, 0.2) is 10.6 Å². The lowest BCUT2D eigenvalue weighted by molar-refractivity contribution is 0.441. The fraction of sp³-hybridized carbons (Fsp3) is 0.600. The molecule has 2 heterocycles. The summed E-state index contributed by atoms with van der Waals surface area (Å²) in [6.45, 7) is 7.10. The molecule has 7 nitrogen and oxygen atoms in total. The summed E-state index contributed by atoms with van der Waals surface area (Å²) in [5.74, 6) is 1.09. The van der Waals surface area contributed by atoms with Crippen LogP contribution in [0, 0.1) is 6.92 Å². The Bertz CT molecular complexity index is 475. The van der Waals surface area contributed by atoms with Crippen LogP contribution in [0.3, 0.4) is 0 Å². The van der Waals surface area contributed by atoms with E-state index < -0.39 is 0 Å². The minimum Gasteiger partial charge on any atom is -0.424 e. The number of hydrogen-bond donors (Lipinski definition) is 1. The van der Waals surface area contributed by atoms with Crippen LogP contribution in [0.4, 0.5) is 0 Å². The molecule has 0 aliphatic carbocycles. The van der Waals surface area contributed by atoms with E-state index in [1.807, 2.05) is 6.20 Å². The van der Waals surface area contributed by atoms with Crippen molar-refractivity contribution in [2.45, 2.75) is 39.9 Å². The minimum absolute atomic E-state index is 0.429. The maximum Gasteiger partial charge on any atom is 0.237 e. The second kappa shape index (κ2) is 5.05. The van der Waals surface area contributed by atoms with Crippen LogP contribution in [-0.2, 0) is 13.1 Å². The summed E-state index contributed by atoms with van der Waals surface area (Å²) in [5, 5.41) is 19.0. The summed E-state index contributed by atoms with van der Waals surface area (Å²) in [7, 11) is 0. The zero-order valence-corrected chi connectivity index (χ0v) is 10.2. The average Bonchev–Trinajstić information content (AvgIpc) is 2.86. The Labute approximate surface area is 99.2 Å². The lowest BCUT2D eigenvalue weighted by atomic mass is 10.3. The van der Waals surface area contributed by atoms with Crippen LogP contribution in [0.1, 0.15) is 31.3 Å². The highest BCUT2D eigenvalue weighted by Gasteiger charge is 2.06. The summed E-state index contributed by atoms with van der Waals surface area (Å²) >= 11 is 0. The molecule has 0 fully saturated rings. The van der Waals surface area contributed by atoms with Gasteiger partial charge in [-0.25, -0.2) is 4.68 Å². The van der Waals surface area contributed by atoms with Gasteiger partial charge in [-0.1, -0.05) is 19.1 Å². The molecule has 0 saturated carbocycles. The number of nitrogens with one attached hydrogen (secondary N) is 1. The summed E-state index contributed by atoms with van der Waals surface area (Å²) in [6, 6.07) is 0.429. The van der Waals surface area contributed by atoms with Gasteiger partial charge in [-0.3, -0.25) is 0 Å². The Hall–Kier alpha value is -1.76. The molecule has 0 atom stereocenters. The highest BCUT2D eigenvalue weighted by Crippen LogP contribution is 2.01. The molecule has 0 aliphatic rings. The van der Waals surface area contributed by atoms with Crippen molar-refractivity contribution in [2.24, 2.45) is 0 Å². The van der Waals surface area contributed by atoms with Crippen molar-refractivity contribution in [3.63, 3.8) is 0 Å². The Morgan fingerprint density at radius 1 is 1.35 bits per heavy atom. The van der Waals surface area contributed by atoms with Crippen molar-refractivity contribution in [1.82, 2.24) is 30.5 Å². The smallest absolute Gasteiger partial charge is 0.237 e. The normalized spacial score (nSPS) is 11.3. The van der Waals surface area contributed by atoms with Crippen molar-refractivity contribution in [1.29, 1.82) is 0 Å². The van der Waals surface area contributed by atoms with E-state index in [0.717, 1.165) is 5.69 Å². The van der Waals surface area contributed by atoms with E-state index in [2.05, 4.69) is 39.7 Å². The predicted octanol–water partition coefficient (Wildman–Crippen LogP) is 0.516. The van der Waals surface area contributed by atoms with Crippen molar-refractivity contribution < 1.29 is 4.42 Å². The topological polar surface area (TPSA) is 81.7 Å². The largest absolute Gasteiger partial charge is 0.424 e. The van der Waals surface area contributed by atoms with Gasteiger partial charge in [0.2, 0.25) is 11.8 Å². The predicted molar refractivity (Wildman–Crippen MR) is 60.1 cm³/mol. The Balaban J connectivity index is 1.94. The quantitative estimate of drug-likeness (QED) is 0.814. The molecule has 2 rings (SSSR count). The number of rotatable bonds is 5. The molecule has 0 aliphatic heterocycles. The van der Waals surface area contributed by atoms with Crippen LogP contribution in [-0.4, -0.2) is 31.2 Å². The summed E-state index contributed by atoms with van der Waals surface area (Å²) < 4.78 is 6.95. The molecule has 92 valence electrons. The van der Waals surface area contributed by atoms with E-state index in [4.69, 9.17) is 4.42 Å². The maximum absolute atomic E-state index is 5.27. The van der Waals surface area contributed by atoms with Gasteiger partial charge in [0.1, 0.15) is 6.54 Å². The van der Waals surface area contributed by atoms with E-state index in [9.17, 15) is 0 Å². The van der Waals surface area contributed by atoms with Gasteiger partial charge < -0.3 is 9.73 Å². The third-order valence-corrected chi connectivity index (χ3v) is 2.14. The van der Waals surface area contributed by atoms with Crippen LogP contribution in [0.2, 0.25) is 0 Å². The molecule has 1 N–H and O–H groups in total. The van der Waals surface area contributed by atoms with Gasteiger partial charge >= 0.3 is 0 Å². The monoisotopic (exact) mass is 236 g/mol. The first-order chi connectivity index (χ1) is 8.13. The second-order valence-corrected chi connectivity index (χ2v) is 4.16. The first-order valence-corrected chi connectivity index (χ1v) is 5.55. The Morgan fingerprint density at radius 2 is 2.18 bits per heavy atom. The van der Waals surface area contributed by atoms with Crippen molar-refractivity contribution in [3.8, 4) is 0 Å². The van der Waals surface area contributed by atoms with Gasteiger partial charge in [-0.05, 0) is 0 Å². The van der Waals surface area contributed by atoms with Gasteiger partial charge in [-0.15, -0.1) is 15.3 Å². The molecule has 7 heteroatoms. The molecule has 0 bridgehead atoms. The summed E-state index contributed by atoms with van der Waals surface area (Å²) in [4.78, 5) is 0. The number of aryl methyl sites for hydroxylation is 1. The van der Waals surface area contributed by atoms with Crippen LogP contribution in [0.5, 0.6) is 0 Å². The Kier molecular flexibility index (Phi) is 3.48. The molecular formula is C10H16N6O. The fourth-order valence-corrected chi connectivity index (χ4v) is 1.35. The van der Waals surface area contributed by atoms with Crippen LogP contribution >= 0.6 is 0 Å². The summed E-state index contributed by atoms with van der Waals surface area (Å²) in [6.07, 6.45) is 1.87. The first kappa shape index (κ1) is 11.7. The highest BCUT2D eigenvalue weighted by molar-refractivity contribution is 4.93. The maximum atomic E-state index is 5.27. The number of hydrogen-bond acceptors (Lipinski definition) is 6. The van der Waals surface area contributed by atoms with E-state index in [1.54, 1.807) is 11.6 Å². The molecule has 0 amide bonds. The molecule has 0 spiro atoms. The number of nitrogens with zero attached hydrogens (tertiary/aromatic N) is 5. The van der Waals surface area contributed by atoms with E-state index in [-0.39, 0.29) is 0 Å². The van der Waals surface area contributed by atoms with Gasteiger partial charge in [0.25, 0.3) is 0 Å². The molecule has 0 unspecified atom stereocenters.